The topological polar surface area (TPSA) is 0 Å². The minimum Gasteiger partial charge on any atom is -0.207 e. The van der Waals surface area contributed by atoms with Crippen LogP contribution in [0.2, 0.25) is 0 Å². The Morgan fingerprint density at radius 2 is 1.30 bits per heavy atom. The van der Waals surface area contributed by atoms with Crippen molar-refractivity contribution in [2.24, 2.45) is 5.41 Å². The monoisotopic (exact) mass is 150 g/mol. The first-order chi connectivity index (χ1) is 4.41. The lowest BCUT2D eigenvalue weighted by Crippen LogP contribution is -2.41. The summed E-state index contributed by atoms with van der Waals surface area (Å²) in [6, 6.07) is 0. The van der Waals surface area contributed by atoms with Crippen molar-refractivity contribution < 1.29 is 8.78 Å². The highest BCUT2D eigenvalue weighted by Gasteiger charge is 2.50. The Hall–Kier alpha value is -0.140. The van der Waals surface area contributed by atoms with Crippen LogP contribution in [0.5, 0.6) is 0 Å². The zero-order chi connectivity index (χ0) is 8.41. The molecule has 1 rings (SSSR count). The highest BCUT2D eigenvalue weighted by molar-refractivity contribution is 4.92. The van der Waals surface area contributed by atoms with Crippen molar-refractivity contribution in [1.29, 1.82) is 0 Å². The average molecular weight is 150 g/mol. The van der Waals surface area contributed by atoms with Gasteiger partial charge in [-0.2, -0.15) is 0 Å². The van der Waals surface area contributed by atoms with Crippen molar-refractivity contribution in [1.82, 2.24) is 0 Å². The minimum atomic E-state index is -2.34. The molecule has 10 heavy (non-hydrogen) atoms. The highest BCUT2D eigenvalue weighted by atomic mass is 19.3. The molecule has 0 saturated heterocycles. The molecular weight excluding hydrogens is 134 g/mol. The lowest BCUT2D eigenvalue weighted by atomic mass is 9.69. The van der Waals surface area contributed by atoms with Gasteiger partial charge < -0.3 is 0 Å². The van der Waals surface area contributed by atoms with E-state index in [1.807, 2.05) is 27.7 Å². The van der Waals surface area contributed by atoms with E-state index in [1.54, 1.807) is 0 Å². The van der Waals surface area contributed by atoms with E-state index in [2.05, 4.69) is 0 Å². The fourth-order valence-corrected chi connectivity index (χ4v) is 1.35. The Bertz CT molecular complexity index is 83.8. The van der Waals surface area contributed by atoms with Gasteiger partial charge in [-0.15, -0.1) is 0 Å². The largest absolute Gasteiger partial charge is 0.249 e. The van der Waals surface area contributed by atoms with E-state index in [9.17, 15) is 8.78 Å². The summed E-state index contributed by atoms with van der Waals surface area (Å²) in [5, 5.41) is 0. The molecule has 0 N–H and O–H groups in total. The van der Waals surface area contributed by atoms with E-state index in [-0.39, 0.29) is 18.3 Å². The van der Waals surface area contributed by atoms with Gasteiger partial charge in [-0.25, -0.2) is 8.78 Å². The van der Waals surface area contributed by atoms with Crippen LogP contribution < -0.4 is 0 Å². The van der Waals surface area contributed by atoms with E-state index in [4.69, 9.17) is 0 Å². The van der Waals surface area contributed by atoms with Gasteiger partial charge >= 0.3 is 0 Å². The molecule has 0 bridgehead atoms. The summed E-state index contributed by atoms with van der Waals surface area (Å²) in [5.41, 5.74) is -0.0938. The van der Waals surface area contributed by atoms with Crippen molar-refractivity contribution in [3.63, 3.8) is 0 Å². The number of alkyl halides is 2. The van der Waals surface area contributed by atoms with E-state index in [0.717, 1.165) is 0 Å². The predicted octanol–water partition coefficient (Wildman–Crippen LogP) is 3.47. The maximum atomic E-state index is 12.0. The van der Waals surface area contributed by atoms with Crippen LogP contribution in [0, 0.1) is 5.41 Å². The van der Waals surface area contributed by atoms with Gasteiger partial charge in [0, 0.05) is 12.8 Å². The third-order valence-electron chi connectivity index (χ3n) is 1.47. The fourth-order valence-electron chi connectivity index (χ4n) is 1.35. The van der Waals surface area contributed by atoms with E-state index in [1.165, 1.54) is 0 Å². The second-order valence-electron chi connectivity index (χ2n) is 3.37. The van der Waals surface area contributed by atoms with Gasteiger partial charge in [0.1, 0.15) is 0 Å². The van der Waals surface area contributed by atoms with Crippen LogP contribution in [0.25, 0.3) is 0 Å². The second-order valence-corrected chi connectivity index (χ2v) is 3.37. The molecule has 1 aliphatic rings. The molecule has 1 fully saturated rings. The molecule has 1 aliphatic carbocycles. The van der Waals surface area contributed by atoms with Crippen molar-refractivity contribution in [3.05, 3.63) is 0 Å². The minimum absolute atomic E-state index is 0.0694. The summed E-state index contributed by atoms with van der Waals surface area (Å²) in [7, 11) is 0. The smallest absolute Gasteiger partial charge is 0.207 e. The molecule has 0 unspecified atom stereocenters. The summed E-state index contributed by atoms with van der Waals surface area (Å²) in [4.78, 5) is 0. The van der Waals surface area contributed by atoms with Crippen LogP contribution in [0.4, 0.5) is 8.78 Å². The number of rotatable bonds is 0. The van der Waals surface area contributed by atoms with Crippen LogP contribution in [-0.2, 0) is 0 Å². The Morgan fingerprint density at radius 3 is 1.30 bits per heavy atom. The van der Waals surface area contributed by atoms with E-state index in [0.29, 0.717) is 0 Å². The number of halogens is 2. The van der Waals surface area contributed by atoms with Gasteiger partial charge in [-0.1, -0.05) is 27.7 Å². The normalized spacial score (nSPS) is 25.8. The van der Waals surface area contributed by atoms with E-state index >= 15 is 0 Å². The van der Waals surface area contributed by atoms with Gasteiger partial charge in [0.15, 0.2) is 0 Å². The summed E-state index contributed by atoms with van der Waals surface area (Å²) in [5.74, 6) is -2.34. The fraction of sp³-hybridized carbons (Fsp3) is 1.00. The number of hydrogen-bond acceptors (Lipinski definition) is 0. The van der Waals surface area contributed by atoms with Crippen molar-refractivity contribution in [2.45, 2.75) is 46.5 Å². The maximum Gasteiger partial charge on any atom is 0.249 e. The molecule has 0 spiro atoms. The molecule has 0 amide bonds. The van der Waals surface area contributed by atoms with Crippen LogP contribution in [0.15, 0.2) is 0 Å². The zero-order valence-electron chi connectivity index (χ0n) is 7.17. The van der Waals surface area contributed by atoms with Gasteiger partial charge in [0.05, 0.1) is 0 Å². The molecule has 0 aromatic heterocycles. The molecule has 0 aromatic rings. The first-order valence-electron chi connectivity index (χ1n) is 3.79. The van der Waals surface area contributed by atoms with Crippen molar-refractivity contribution in [3.8, 4) is 0 Å². The lowest BCUT2D eigenvalue weighted by molar-refractivity contribution is -0.146. The average Bonchev–Trinajstić information content (AvgIpc) is 1.63. The van der Waals surface area contributed by atoms with Crippen LogP contribution in [0.1, 0.15) is 40.5 Å². The number of hydrogen-bond donors (Lipinski definition) is 0. The van der Waals surface area contributed by atoms with Gasteiger partial charge in [-0.05, 0) is 5.41 Å². The van der Waals surface area contributed by atoms with Crippen LogP contribution in [-0.4, -0.2) is 5.92 Å². The molecule has 0 atom stereocenters. The standard InChI is InChI=1S/C6H10F2.C2H6/c1-5(2)3-6(7,8)4-5;1-2/h3-4H2,1-2H3;1-2H3. The molecule has 62 valence electrons. The van der Waals surface area contributed by atoms with Gasteiger partial charge in [0.2, 0.25) is 5.92 Å². The Kier molecular flexibility index (Phi) is 2.81. The molecule has 0 aliphatic heterocycles. The third kappa shape index (κ3) is 2.63. The quantitative estimate of drug-likeness (QED) is 0.496. The zero-order valence-corrected chi connectivity index (χ0v) is 7.17. The summed E-state index contributed by atoms with van der Waals surface area (Å²) >= 11 is 0. The first kappa shape index (κ1) is 9.86. The molecule has 2 heteroatoms. The maximum absolute atomic E-state index is 12.0. The lowest BCUT2D eigenvalue weighted by Gasteiger charge is -2.41. The summed E-state index contributed by atoms with van der Waals surface area (Å²) in [6.45, 7) is 7.73. The second kappa shape index (κ2) is 2.85. The Morgan fingerprint density at radius 1 is 1.00 bits per heavy atom. The third-order valence-corrected chi connectivity index (χ3v) is 1.47. The molecule has 0 nitrogen and oxygen atoms in total. The molecule has 0 radical (unpaired) electrons. The predicted molar refractivity (Wildman–Crippen MR) is 39.3 cm³/mol. The van der Waals surface area contributed by atoms with Gasteiger partial charge in [-0.3, -0.25) is 0 Å². The van der Waals surface area contributed by atoms with E-state index < -0.39 is 5.92 Å². The molecule has 0 heterocycles. The molecule has 0 aromatic carbocycles. The van der Waals surface area contributed by atoms with Crippen LogP contribution in [0.3, 0.4) is 0 Å². The van der Waals surface area contributed by atoms with Gasteiger partial charge in [0.25, 0.3) is 0 Å². The molecule has 1 saturated carbocycles. The Balaban J connectivity index is 0.000000371. The molecular formula is C8H16F2. The Labute approximate surface area is 61.6 Å². The SMILES string of the molecule is CC.CC1(C)CC(F)(F)C1. The van der Waals surface area contributed by atoms with Crippen molar-refractivity contribution >= 4 is 0 Å². The first-order valence-corrected chi connectivity index (χ1v) is 3.79. The summed E-state index contributed by atoms with van der Waals surface area (Å²) in [6.07, 6.45) is 0.139. The summed E-state index contributed by atoms with van der Waals surface area (Å²) < 4.78 is 24.1. The van der Waals surface area contributed by atoms with Crippen molar-refractivity contribution in [2.75, 3.05) is 0 Å². The highest BCUT2D eigenvalue weighted by Crippen LogP contribution is 2.50. The van der Waals surface area contributed by atoms with Crippen LogP contribution >= 0.6 is 0 Å².